The van der Waals surface area contributed by atoms with Gasteiger partial charge in [0.15, 0.2) is 11.5 Å². The van der Waals surface area contributed by atoms with Crippen molar-refractivity contribution in [2.75, 3.05) is 13.7 Å². The average molecular weight is 491 g/mol. The number of hydrogen-bond donors (Lipinski definition) is 2. The molecule has 0 spiro atoms. The number of carboxylic acid groups (broad SMARTS) is 1. The summed E-state index contributed by atoms with van der Waals surface area (Å²) in [5, 5.41) is 12.1. The van der Waals surface area contributed by atoms with Gasteiger partial charge in [-0.25, -0.2) is 9.69 Å². The van der Waals surface area contributed by atoms with E-state index in [0.717, 1.165) is 11.1 Å². The van der Waals surface area contributed by atoms with E-state index < -0.39 is 24.5 Å². The molecular weight excluding hydrogens is 471 g/mol. The standard InChI is InChI=1S/C23H20Cl2N2O6/c1-3-4-15-7-14(9-18-22(30)27(11-20(28)29)23(31)26-18)10-19(32-2)21(15)33-12-13-5-6-16(24)17(25)8-13/h3,5-10H,1,4,11-12H2,2H3,(H,26,31)(H,28,29)/b18-9+. The van der Waals surface area contributed by atoms with Crippen molar-refractivity contribution < 1.29 is 29.0 Å². The fraction of sp³-hybridized carbons (Fsp3) is 0.174. The molecule has 1 heterocycles. The third-order valence-electron chi connectivity index (χ3n) is 4.67. The third kappa shape index (κ3) is 5.66. The number of carbonyl (C=O) groups is 3. The second-order valence-corrected chi connectivity index (χ2v) is 7.83. The van der Waals surface area contributed by atoms with Crippen LogP contribution in [0.25, 0.3) is 6.08 Å². The largest absolute Gasteiger partial charge is 0.493 e. The van der Waals surface area contributed by atoms with Crippen molar-refractivity contribution in [3.8, 4) is 11.5 Å². The maximum Gasteiger partial charge on any atom is 0.329 e. The number of carboxylic acids is 1. The van der Waals surface area contributed by atoms with Crippen LogP contribution in [-0.2, 0) is 22.6 Å². The van der Waals surface area contributed by atoms with E-state index >= 15 is 0 Å². The monoisotopic (exact) mass is 490 g/mol. The van der Waals surface area contributed by atoms with Crippen LogP contribution in [0.1, 0.15) is 16.7 Å². The molecule has 0 aromatic heterocycles. The summed E-state index contributed by atoms with van der Waals surface area (Å²) in [7, 11) is 1.48. The minimum atomic E-state index is -1.29. The fourth-order valence-electron chi connectivity index (χ4n) is 3.19. The molecule has 0 bridgehead atoms. The molecule has 172 valence electrons. The first-order valence-corrected chi connectivity index (χ1v) is 10.4. The highest BCUT2D eigenvalue weighted by Crippen LogP contribution is 2.35. The number of rotatable bonds is 9. The number of amides is 3. The van der Waals surface area contributed by atoms with E-state index in [9.17, 15) is 14.4 Å². The van der Waals surface area contributed by atoms with Crippen LogP contribution in [0.4, 0.5) is 4.79 Å². The zero-order valence-corrected chi connectivity index (χ0v) is 19.1. The van der Waals surface area contributed by atoms with Crippen LogP contribution in [0.5, 0.6) is 11.5 Å². The molecule has 33 heavy (non-hydrogen) atoms. The predicted molar refractivity (Wildman–Crippen MR) is 124 cm³/mol. The molecule has 2 aromatic rings. The molecule has 1 aliphatic heterocycles. The molecule has 1 aliphatic rings. The van der Waals surface area contributed by atoms with Crippen molar-refractivity contribution in [3.05, 3.63) is 75.4 Å². The van der Waals surface area contributed by atoms with Gasteiger partial charge in [0.1, 0.15) is 18.8 Å². The normalized spacial score (nSPS) is 14.4. The number of benzene rings is 2. The Hall–Kier alpha value is -3.49. The van der Waals surface area contributed by atoms with Gasteiger partial charge in [0, 0.05) is 5.56 Å². The lowest BCUT2D eigenvalue weighted by molar-refractivity contribution is -0.140. The van der Waals surface area contributed by atoms with Crippen LogP contribution in [0.15, 0.2) is 48.7 Å². The molecule has 2 N–H and O–H groups in total. The van der Waals surface area contributed by atoms with Gasteiger partial charge in [-0.1, -0.05) is 35.3 Å². The third-order valence-corrected chi connectivity index (χ3v) is 5.41. The number of methoxy groups -OCH3 is 1. The van der Waals surface area contributed by atoms with E-state index in [1.807, 2.05) is 0 Å². The van der Waals surface area contributed by atoms with E-state index in [0.29, 0.717) is 38.4 Å². The summed E-state index contributed by atoms with van der Waals surface area (Å²) in [6.45, 7) is 3.24. The second kappa shape index (κ2) is 10.4. The highest BCUT2D eigenvalue weighted by atomic mass is 35.5. The number of halogens is 2. The van der Waals surface area contributed by atoms with Crippen LogP contribution in [0.3, 0.4) is 0 Å². The van der Waals surface area contributed by atoms with Crippen molar-refractivity contribution in [2.45, 2.75) is 13.0 Å². The van der Waals surface area contributed by atoms with E-state index in [1.54, 1.807) is 36.4 Å². The average Bonchev–Trinajstić information content (AvgIpc) is 3.02. The van der Waals surface area contributed by atoms with E-state index in [2.05, 4.69) is 11.9 Å². The Morgan fingerprint density at radius 3 is 2.61 bits per heavy atom. The number of nitrogens with one attached hydrogen (secondary N) is 1. The predicted octanol–water partition coefficient (Wildman–Crippen LogP) is 4.29. The van der Waals surface area contributed by atoms with Gasteiger partial charge in [0.05, 0.1) is 17.2 Å². The molecule has 1 fully saturated rings. The fourth-order valence-corrected chi connectivity index (χ4v) is 3.51. The maximum atomic E-state index is 12.4. The van der Waals surface area contributed by atoms with Gasteiger partial charge < -0.3 is 19.9 Å². The minimum absolute atomic E-state index is 0.0441. The smallest absolute Gasteiger partial charge is 0.329 e. The second-order valence-electron chi connectivity index (χ2n) is 7.01. The number of hydrogen-bond acceptors (Lipinski definition) is 5. The quantitative estimate of drug-likeness (QED) is 0.308. The van der Waals surface area contributed by atoms with Gasteiger partial charge in [-0.15, -0.1) is 6.58 Å². The van der Waals surface area contributed by atoms with Crippen molar-refractivity contribution in [3.63, 3.8) is 0 Å². The Morgan fingerprint density at radius 2 is 1.97 bits per heavy atom. The van der Waals surface area contributed by atoms with Gasteiger partial charge in [-0.3, -0.25) is 9.59 Å². The van der Waals surface area contributed by atoms with E-state index in [1.165, 1.54) is 13.2 Å². The number of carbonyl (C=O) groups excluding carboxylic acids is 2. The number of ether oxygens (including phenoxy) is 2. The molecule has 10 heteroatoms. The van der Waals surface area contributed by atoms with E-state index in [4.69, 9.17) is 37.8 Å². The van der Waals surface area contributed by atoms with Gasteiger partial charge >= 0.3 is 12.0 Å². The molecule has 8 nitrogen and oxygen atoms in total. The number of allylic oxidation sites excluding steroid dienone is 1. The Kier molecular flexibility index (Phi) is 7.63. The molecule has 3 rings (SSSR count). The number of urea groups is 1. The van der Waals surface area contributed by atoms with Crippen LogP contribution < -0.4 is 14.8 Å². The van der Waals surface area contributed by atoms with E-state index in [-0.39, 0.29) is 12.3 Å². The number of imide groups is 1. The van der Waals surface area contributed by atoms with Gasteiger partial charge in [0.2, 0.25) is 0 Å². The van der Waals surface area contributed by atoms with Crippen molar-refractivity contribution in [2.24, 2.45) is 0 Å². The number of nitrogens with zero attached hydrogens (tertiary/aromatic N) is 1. The summed E-state index contributed by atoms with van der Waals surface area (Å²) in [6, 6.07) is 7.79. The SMILES string of the molecule is C=CCc1cc(/C=C2/NC(=O)N(CC(=O)O)C2=O)cc(OC)c1OCc1ccc(Cl)c(Cl)c1. The molecule has 0 aliphatic carbocycles. The topological polar surface area (TPSA) is 105 Å². The summed E-state index contributed by atoms with van der Waals surface area (Å²) in [4.78, 5) is 35.9. The van der Waals surface area contributed by atoms with Crippen LogP contribution in [-0.4, -0.2) is 41.6 Å². The van der Waals surface area contributed by atoms with Crippen LogP contribution in [0.2, 0.25) is 10.0 Å². The van der Waals surface area contributed by atoms with Gasteiger partial charge in [-0.2, -0.15) is 0 Å². The van der Waals surface area contributed by atoms with Crippen molar-refractivity contribution in [1.82, 2.24) is 10.2 Å². The molecular formula is C23H20Cl2N2O6. The lowest BCUT2D eigenvalue weighted by Crippen LogP contribution is -2.35. The maximum absolute atomic E-state index is 12.4. The highest BCUT2D eigenvalue weighted by Gasteiger charge is 2.35. The first kappa shape index (κ1) is 24.2. The Labute approximate surface area is 200 Å². The molecule has 0 saturated carbocycles. The summed E-state index contributed by atoms with van der Waals surface area (Å²) in [5.41, 5.74) is 2.04. The first-order chi connectivity index (χ1) is 15.7. The Balaban J connectivity index is 1.91. The first-order valence-electron chi connectivity index (χ1n) is 9.68. The van der Waals surface area contributed by atoms with Crippen LogP contribution in [0, 0.1) is 0 Å². The molecule has 0 unspecified atom stereocenters. The summed E-state index contributed by atoms with van der Waals surface area (Å²) < 4.78 is 11.5. The summed E-state index contributed by atoms with van der Waals surface area (Å²) >= 11 is 12.0. The Bertz CT molecular complexity index is 1160. The molecule has 2 aromatic carbocycles. The van der Waals surface area contributed by atoms with Crippen molar-refractivity contribution in [1.29, 1.82) is 0 Å². The molecule has 0 atom stereocenters. The summed E-state index contributed by atoms with van der Waals surface area (Å²) in [5.74, 6) is -1.13. The summed E-state index contributed by atoms with van der Waals surface area (Å²) in [6.07, 6.45) is 3.57. The van der Waals surface area contributed by atoms with Crippen molar-refractivity contribution >= 4 is 47.2 Å². The van der Waals surface area contributed by atoms with Gasteiger partial charge in [-0.05, 0) is 47.9 Å². The zero-order valence-electron chi connectivity index (χ0n) is 17.6. The number of aliphatic carboxylic acids is 1. The molecule has 3 amide bonds. The highest BCUT2D eigenvalue weighted by molar-refractivity contribution is 6.42. The molecule has 0 radical (unpaired) electrons. The lowest BCUT2D eigenvalue weighted by Gasteiger charge is -2.16. The van der Waals surface area contributed by atoms with Crippen LogP contribution >= 0.6 is 23.2 Å². The zero-order chi connectivity index (χ0) is 24.1. The Morgan fingerprint density at radius 1 is 1.21 bits per heavy atom. The minimum Gasteiger partial charge on any atom is -0.493 e. The van der Waals surface area contributed by atoms with Gasteiger partial charge in [0.25, 0.3) is 5.91 Å². The lowest BCUT2D eigenvalue weighted by atomic mass is 10.0. The molecule has 1 saturated heterocycles.